The molecule has 0 saturated heterocycles. The summed E-state index contributed by atoms with van der Waals surface area (Å²) in [6, 6.07) is 16.2. The molecule has 0 heterocycles. The second-order valence-corrected chi connectivity index (χ2v) is 9.01. The van der Waals surface area contributed by atoms with E-state index in [4.69, 9.17) is 4.74 Å². The number of nitrogens with zero attached hydrogens (tertiary/aromatic N) is 1. The minimum atomic E-state index is -3.68. The van der Waals surface area contributed by atoms with Crippen LogP contribution in [0.15, 0.2) is 59.5 Å². The van der Waals surface area contributed by atoms with Gasteiger partial charge in [-0.3, -0.25) is 0 Å². The molecule has 0 aromatic heterocycles. The highest BCUT2D eigenvalue weighted by Gasteiger charge is 2.27. The van der Waals surface area contributed by atoms with Gasteiger partial charge >= 0.3 is 0 Å². The van der Waals surface area contributed by atoms with Gasteiger partial charge in [-0.15, -0.1) is 0 Å². The van der Waals surface area contributed by atoms with Crippen molar-refractivity contribution in [2.75, 3.05) is 20.2 Å². The number of methoxy groups -OCH3 is 1. The molecule has 27 heavy (non-hydrogen) atoms. The molecular weight excluding hydrogens is 362 g/mol. The first-order valence-corrected chi connectivity index (χ1v) is 10.6. The molecule has 0 saturated carbocycles. The Morgan fingerprint density at radius 1 is 1.00 bits per heavy atom. The molecule has 1 N–H and O–H groups in total. The Hall–Kier alpha value is -1.89. The third-order valence-electron chi connectivity index (χ3n) is 4.29. The molecule has 1 atom stereocenters. The minimum Gasteiger partial charge on any atom is -0.497 e. The summed E-state index contributed by atoms with van der Waals surface area (Å²) in [6.07, 6.45) is 0.494. The van der Waals surface area contributed by atoms with E-state index in [2.05, 4.69) is 0 Å². The van der Waals surface area contributed by atoms with Crippen LogP contribution in [0.4, 0.5) is 0 Å². The van der Waals surface area contributed by atoms with E-state index < -0.39 is 16.1 Å². The monoisotopic (exact) mass is 391 g/mol. The maximum absolute atomic E-state index is 13.1. The van der Waals surface area contributed by atoms with Gasteiger partial charge in [0.25, 0.3) is 0 Å². The van der Waals surface area contributed by atoms with Gasteiger partial charge in [0.2, 0.25) is 10.0 Å². The Morgan fingerprint density at radius 2 is 1.63 bits per heavy atom. The fourth-order valence-corrected chi connectivity index (χ4v) is 4.52. The van der Waals surface area contributed by atoms with Gasteiger partial charge in [-0.25, -0.2) is 8.42 Å². The number of aliphatic hydroxyl groups excluding tert-OH is 1. The smallest absolute Gasteiger partial charge is 0.243 e. The van der Waals surface area contributed by atoms with E-state index in [0.29, 0.717) is 25.1 Å². The summed E-state index contributed by atoms with van der Waals surface area (Å²) in [6.45, 7) is 4.37. The van der Waals surface area contributed by atoms with Crippen molar-refractivity contribution in [2.45, 2.75) is 37.7 Å². The molecule has 0 radical (unpaired) electrons. The van der Waals surface area contributed by atoms with E-state index in [1.807, 2.05) is 44.2 Å². The number of aryl methyl sites for hydroxylation is 1. The molecule has 2 aromatic carbocycles. The number of rotatable bonds is 10. The summed E-state index contributed by atoms with van der Waals surface area (Å²) in [5.74, 6) is 0.756. The van der Waals surface area contributed by atoms with E-state index in [9.17, 15) is 13.5 Å². The van der Waals surface area contributed by atoms with Gasteiger partial charge in [0.05, 0.1) is 18.1 Å². The van der Waals surface area contributed by atoms with Crippen LogP contribution in [0.5, 0.6) is 5.75 Å². The van der Waals surface area contributed by atoms with Crippen LogP contribution in [0.3, 0.4) is 0 Å². The zero-order valence-corrected chi connectivity index (χ0v) is 17.0. The van der Waals surface area contributed by atoms with E-state index >= 15 is 0 Å². The zero-order valence-electron chi connectivity index (χ0n) is 16.2. The van der Waals surface area contributed by atoms with Gasteiger partial charge in [0.15, 0.2) is 0 Å². The lowest BCUT2D eigenvalue weighted by atomic mass is 10.1. The van der Waals surface area contributed by atoms with Crippen LogP contribution >= 0.6 is 0 Å². The van der Waals surface area contributed by atoms with E-state index in [1.165, 1.54) is 23.5 Å². The number of sulfonamides is 1. The number of hydrogen-bond donors (Lipinski definition) is 1. The molecule has 0 aliphatic heterocycles. The highest BCUT2D eigenvalue weighted by atomic mass is 32.2. The average molecular weight is 392 g/mol. The quantitative estimate of drug-likeness (QED) is 0.675. The molecule has 0 spiro atoms. The summed E-state index contributed by atoms with van der Waals surface area (Å²) in [4.78, 5) is 0.208. The molecule has 0 aliphatic rings. The van der Waals surface area contributed by atoms with Crippen molar-refractivity contribution in [3.05, 3.63) is 60.2 Å². The molecule has 2 aromatic rings. The second kappa shape index (κ2) is 9.88. The number of hydrogen-bond acceptors (Lipinski definition) is 4. The molecule has 0 amide bonds. The molecule has 5 nitrogen and oxygen atoms in total. The zero-order chi connectivity index (χ0) is 19.9. The first-order chi connectivity index (χ1) is 12.8. The molecule has 0 fully saturated rings. The standard InChI is InChI=1S/C21H29NO4S/c1-17(2)15-22(16-19(23)10-9-18-7-5-4-6-8-18)27(24,25)21-13-11-20(26-3)12-14-21/h4-8,11-14,17,19,23H,9-10,15-16H2,1-3H3. The Bertz CT molecular complexity index is 789. The summed E-state index contributed by atoms with van der Waals surface area (Å²) < 4.78 is 32.6. The Balaban J connectivity index is 2.10. The highest BCUT2D eigenvalue weighted by Crippen LogP contribution is 2.21. The third-order valence-corrected chi connectivity index (χ3v) is 6.14. The third kappa shape index (κ3) is 6.34. The predicted octanol–water partition coefficient (Wildman–Crippen LogP) is 3.34. The SMILES string of the molecule is COc1ccc(S(=O)(=O)N(CC(C)C)CC(O)CCc2ccccc2)cc1. The van der Waals surface area contributed by atoms with Crippen molar-refractivity contribution in [3.8, 4) is 5.75 Å². The van der Waals surface area contributed by atoms with Crippen LogP contribution in [-0.4, -0.2) is 44.1 Å². The van der Waals surface area contributed by atoms with Gasteiger partial charge in [-0.05, 0) is 48.6 Å². The molecule has 148 valence electrons. The van der Waals surface area contributed by atoms with Gasteiger partial charge < -0.3 is 9.84 Å². The fourth-order valence-electron chi connectivity index (χ4n) is 2.88. The van der Waals surface area contributed by atoms with Gasteiger partial charge in [0.1, 0.15) is 5.75 Å². The summed E-state index contributed by atoms with van der Waals surface area (Å²) >= 11 is 0. The lowest BCUT2D eigenvalue weighted by Gasteiger charge is -2.26. The van der Waals surface area contributed by atoms with Crippen LogP contribution in [-0.2, 0) is 16.4 Å². The first-order valence-electron chi connectivity index (χ1n) is 9.19. The van der Waals surface area contributed by atoms with Crippen molar-refractivity contribution in [1.82, 2.24) is 4.31 Å². The Morgan fingerprint density at radius 3 is 2.19 bits per heavy atom. The van der Waals surface area contributed by atoms with Crippen LogP contribution < -0.4 is 4.74 Å². The minimum absolute atomic E-state index is 0.0827. The van der Waals surface area contributed by atoms with E-state index in [0.717, 1.165) is 5.56 Å². The molecular formula is C21H29NO4S. The summed E-state index contributed by atoms with van der Waals surface area (Å²) in [5.41, 5.74) is 1.13. The maximum Gasteiger partial charge on any atom is 0.243 e. The lowest BCUT2D eigenvalue weighted by molar-refractivity contribution is 0.133. The summed E-state index contributed by atoms with van der Waals surface area (Å²) in [7, 11) is -2.14. The van der Waals surface area contributed by atoms with Crippen molar-refractivity contribution >= 4 is 10.0 Å². The van der Waals surface area contributed by atoms with E-state index in [1.54, 1.807) is 12.1 Å². The van der Waals surface area contributed by atoms with Crippen LogP contribution in [0.25, 0.3) is 0 Å². The lowest BCUT2D eigenvalue weighted by Crippen LogP contribution is -2.40. The van der Waals surface area contributed by atoms with Gasteiger partial charge in [0, 0.05) is 13.1 Å². The van der Waals surface area contributed by atoms with Crippen LogP contribution in [0.1, 0.15) is 25.8 Å². The van der Waals surface area contributed by atoms with Crippen molar-refractivity contribution in [2.24, 2.45) is 5.92 Å². The Kier molecular flexibility index (Phi) is 7.83. The Labute approximate surface area is 162 Å². The topological polar surface area (TPSA) is 66.8 Å². The number of aliphatic hydroxyl groups is 1. The molecule has 2 rings (SSSR count). The maximum atomic E-state index is 13.1. The molecule has 6 heteroatoms. The fraction of sp³-hybridized carbons (Fsp3) is 0.429. The van der Waals surface area contributed by atoms with Gasteiger partial charge in [-0.1, -0.05) is 44.2 Å². The van der Waals surface area contributed by atoms with Crippen molar-refractivity contribution < 1.29 is 18.3 Å². The summed E-state index contributed by atoms with van der Waals surface area (Å²) in [5, 5.41) is 10.5. The normalized spacial score (nSPS) is 13.1. The molecule has 1 unspecified atom stereocenters. The highest BCUT2D eigenvalue weighted by molar-refractivity contribution is 7.89. The van der Waals surface area contributed by atoms with Crippen molar-refractivity contribution in [3.63, 3.8) is 0 Å². The number of benzene rings is 2. The molecule has 0 aliphatic carbocycles. The second-order valence-electron chi connectivity index (χ2n) is 7.07. The van der Waals surface area contributed by atoms with Crippen molar-refractivity contribution in [1.29, 1.82) is 0 Å². The molecule has 0 bridgehead atoms. The van der Waals surface area contributed by atoms with Crippen LogP contribution in [0, 0.1) is 5.92 Å². The van der Waals surface area contributed by atoms with Gasteiger partial charge in [-0.2, -0.15) is 4.31 Å². The van der Waals surface area contributed by atoms with E-state index in [-0.39, 0.29) is 17.4 Å². The predicted molar refractivity (Wildman–Crippen MR) is 107 cm³/mol. The first kappa shape index (κ1) is 21.4. The largest absolute Gasteiger partial charge is 0.497 e. The average Bonchev–Trinajstić information content (AvgIpc) is 2.66. The van der Waals surface area contributed by atoms with Crippen LogP contribution in [0.2, 0.25) is 0 Å². The number of ether oxygens (including phenoxy) is 1.